The first-order valence-electron chi connectivity index (χ1n) is 7.44. The maximum absolute atomic E-state index is 14.1. The van der Waals surface area contributed by atoms with Crippen LogP contribution >= 0.6 is 0 Å². The quantitative estimate of drug-likeness (QED) is 0.698. The highest BCUT2D eigenvalue weighted by atomic mass is 19.1. The van der Waals surface area contributed by atoms with Gasteiger partial charge in [0.2, 0.25) is 0 Å². The second-order valence-electron chi connectivity index (χ2n) is 5.40. The van der Waals surface area contributed by atoms with E-state index < -0.39 is 5.54 Å². The standard InChI is InChI=1S/C17H27FN2/c1-4-11-17(19,14-20(12-5-2)13-6-3)15-9-7-8-10-16(15)18/h4,7-10H,1,5-6,11-14,19H2,2-3H3. The summed E-state index contributed by atoms with van der Waals surface area (Å²) in [5.41, 5.74) is 6.41. The van der Waals surface area contributed by atoms with E-state index in [1.807, 2.05) is 6.07 Å². The van der Waals surface area contributed by atoms with Crippen molar-refractivity contribution < 1.29 is 4.39 Å². The molecule has 0 saturated heterocycles. The molecule has 2 nitrogen and oxygen atoms in total. The molecule has 0 fully saturated rings. The monoisotopic (exact) mass is 278 g/mol. The molecule has 1 aromatic carbocycles. The first-order valence-corrected chi connectivity index (χ1v) is 7.44. The highest BCUT2D eigenvalue weighted by molar-refractivity contribution is 5.27. The molecule has 112 valence electrons. The van der Waals surface area contributed by atoms with E-state index in [-0.39, 0.29) is 5.82 Å². The van der Waals surface area contributed by atoms with Gasteiger partial charge in [-0.15, -0.1) is 6.58 Å². The minimum atomic E-state index is -0.711. The van der Waals surface area contributed by atoms with E-state index in [4.69, 9.17) is 5.73 Å². The Kier molecular flexibility index (Phi) is 6.89. The van der Waals surface area contributed by atoms with Crippen LogP contribution in [0.5, 0.6) is 0 Å². The van der Waals surface area contributed by atoms with E-state index in [9.17, 15) is 4.39 Å². The topological polar surface area (TPSA) is 29.3 Å². The summed E-state index contributed by atoms with van der Waals surface area (Å²) in [6, 6.07) is 6.80. The average Bonchev–Trinajstić information content (AvgIpc) is 2.40. The number of rotatable bonds is 9. The van der Waals surface area contributed by atoms with Crippen molar-refractivity contribution in [2.24, 2.45) is 5.73 Å². The van der Waals surface area contributed by atoms with Gasteiger partial charge in [-0.1, -0.05) is 38.1 Å². The SMILES string of the molecule is C=CCC(N)(CN(CCC)CCC)c1ccccc1F. The first-order chi connectivity index (χ1) is 9.57. The molecule has 0 heterocycles. The second kappa shape index (κ2) is 8.18. The van der Waals surface area contributed by atoms with Gasteiger partial charge in [0.05, 0.1) is 5.54 Å². The Morgan fingerprint density at radius 1 is 1.25 bits per heavy atom. The third-order valence-electron chi connectivity index (χ3n) is 3.50. The van der Waals surface area contributed by atoms with E-state index in [2.05, 4.69) is 25.3 Å². The van der Waals surface area contributed by atoms with Crippen molar-refractivity contribution in [2.75, 3.05) is 19.6 Å². The minimum absolute atomic E-state index is 0.232. The third kappa shape index (κ3) is 4.43. The van der Waals surface area contributed by atoms with Gasteiger partial charge in [-0.05, 0) is 38.4 Å². The Morgan fingerprint density at radius 3 is 2.35 bits per heavy atom. The van der Waals surface area contributed by atoms with Crippen LogP contribution in [0.25, 0.3) is 0 Å². The number of hydrogen-bond acceptors (Lipinski definition) is 2. The van der Waals surface area contributed by atoms with Crippen LogP contribution in [0, 0.1) is 5.82 Å². The lowest BCUT2D eigenvalue weighted by Gasteiger charge is -2.35. The van der Waals surface area contributed by atoms with E-state index in [0.717, 1.165) is 25.9 Å². The van der Waals surface area contributed by atoms with Gasteiger partial charge in [-0.2, -0.15) is 0 Å². The summed E-state index contributed by atoms with van der Waals surface area (Å²) in [4.78, 5) is 2.32. The molecule has 0 amide bonds. The number of hydrogen-bond donors (Lipinski definition) is 1. The van der Waals surface area contributed by atoms with Crippen molar-refractivity contribution >= 4 is 0 Å². The molecule has 0 bridgehead atoms. The van der Waals surface area contributed by atoms with Crippen molar-refractivity contribution in [3.63, 3.8) is 0 Å². The Morgan fingerprint density at radius 2 is 1.85 bits per heavy atom. The second-order valence-corrected chi connectivity index (χ2v) is 5.40. The smallest absolute Gasteiger partial charge is 0.128 e. The first kappa shape index (κ1) is 16.9. The van der Waals surface area contributed by atoms with Gasteiger partial charge in [0.1, 0.15) is 5.82 Å². The van der Waals surface area contributed by atoms with Gasteiger partial charge in [0, 0.05) is 12.1 Å². The molecule has 0 aliphatic rings. The van der Waals surface area contributed by atoms with Crippen molar-refractivity contribution in [3.8, 4) is 0 Å². The predicted octanol–water partition coefficient (Wildman–Crippen LogP) is 3.68. The number of nitrogens with two attached hydrogens (primary N) is 1. The molecule has 0 spiro atoms. The summed E-state index contributed by atoms with van der Waals surface area (Å²) in [6.45, 7) is 10.7. The lowest BCUT2D eigenvalue weighted by atomic mass is 9.86. The lowest BCUT2D eigenvalue weighted by molar-refractivity contribution is 0.205. The van der Waals surface area contributed by atoms with Gasteiger partial charge in [0.15, 0.2) is 0 Å². The normalized spacial score (nSPS) is 14.2. The number of nitrogens with zero attached hydrogens (tertiary/aromatic N) is 1. The molecule has 0 aliphatic heterocycles. The van der Waals surface area contributed by atoms with Crippen LogP contribution in [-0.2, 0) is 5.54 Å². The highest BCUT2D eigenvalue weighted by Gasteiger charge is 2.30. The molecular weight excluding hydrogens is 251 g/mol. The summed E-state index contributed by atoms with van der Waals surface area (Å²) < 4.78 is 14.1. The van der Waals surface area contributed by atoms with Gasteiger partial charge in [-0.3, -0.25) is 0 Å². The lowest BCUT2D eigenvalue weighted by Crippen LogP contribution is -2.48. The van der Waals surface area contributed by atoms with Crippen LogP contribution in [0.4, 0.5) is 4.39 Å². The van der Waals surface area contributed by atoms with Crippen LogP contribution in [0.1, 0.15) is 38.7 Å². The summed E-state index contributed by atoms with van der Waals surface area (Å²) in [5, 5.41) is 0. The van der Waals surface area contributed by atoms with Crippen molar-refractivity contribution in [3.05, 3.63) is 48.3 Å². The Labute approximate surface area is 122 Å². The van der Waals surface area contributed by atoms with Gasteiger partial charge in [-0.25, -0.2) is 4.39 Å². The maximum atomic E-state index is 14.1. The van der Waals surface area contributed by atoms with E-state index in [1.165, 1.54) is 6.07 Å². The highest BCUT2D eigenvalue weighted by Crippen LogP contribution is 2.26. The zero-order chi connectivity index (χ0) is 15.0. The van der Waals surface area contributed by atoms with E-state index in [1.54, 1.807) is 18.2 Å². The fourth-order valence-electron chi connectivity index (χ4n) is 2.68. The van der Waals surface area contributed by atoms with Crippen molar-refractivity contribution in [2.45, 2.75) is 38.6 Å². The largest absolute Gasteiger partial charge is 0.320 e. The molecule has 1 aromatic rings. The average molecular weight is 278 g/mol. The van der Waals surface area contributed by atoms with E-state index in [0.29, 0.717) is 18.5 Å². The minimum Gasteiger partial charge on any atom is -0.320 e. The molecule has 1 unspecified atom stereocenters. The molecule has 0 aromatic heterocycles. The van der Waals surface area contributed by atoms with Gasteiger partial charge < -0.3 is 10.6 Å². The molecular formula is C17H27FN2. The molecule has 20 heavy (non-hydrogen) atoms. The maximum Gasteiger partial charge on any atom is 0.128 e. The summed E-state index contributed by atoms with van der Waals surface area (Å²) in [6.07, 6.45) is 4.49. The van der Waals surface area contributed by atoms with Gasteiger partial charge in [0.25, 0.3) is 0 Å². The predicted molar refractivity (Wildman–Crippen MR) is 84.1 cm³/mol. The molecule has 3 heteroatoms. The Bertz CT molecular complexity index is 413. The summed E-state index contributed by atoms with van der Waals surface area (Å²) in [7, 11) is 0. The van der Waals surface area contributed by atoms with Crippen LogP contribution in [0.15, 0.2) is 36.9 Å². The zero-order valence-corrected chi connectivity index (χ0v) is 12.7. The van der Waals surface area contributed by atoms with Crippen LogP contribution in [-0.4, -0.2) is 24.5 Å². The zero-order valence-electron chi connectivity index (χ0n) is 12.7. The van der Waals surface area contributed by atoms with Crippen molar-refractivity contribution in [1.82, 2.24) is 4.90 Å². The van der Waals surface area contributed by atoms with Crippen LogP contribution < -0.4 is 5.73 Å². The Balaban J connectivity index is 3.01. The Hall–Kier alpha value is -1.19. The molecule has 0 aliphatic carbocycles. The molecule has 1 atom stereocenters. The molecule has 0 radical (unpaired) electrons. The van der Waals surface area contributed by atoms with Gasteiger partial charge >= 0.3 is 0 Å². The molecule has 0 saturated carbocycles. The number of benzene rings is 1. The number of halogens is 1. The fraction of sp³-hybridized carbons (Fsp3) is 0.529. The van der Waals surface area contributed by atoms with E-state index >= 15 is 0 Å². The summed E-state index contributed by atoms with van der Waals surface area (Å²) in [5.74, 6) is -0.232. The summed E-state index contributed by atoms with van der Waals surface area (Å²) >= 11 is 0. The third-order valence-corrected chi connectivity index (χ3v) is 3.50. The molecule has 2 N–H and O–H groups in total. The van der Waals surface area contributed by atoms with Crippen molar-refractivity contribution in [1.29, 1.82) is 0 Å². The van der Waals surface area contributed by atoms with Crippen LogP contribution in [0.2, 0.25) is 0 Å². The van der Waals surface area contributed by atoms with Crippen LogP contribution in [0.3, 0.4) is 0 Å². The fourth-order valence-corrected chi connectivity index (χ4v) is 2.68. The molecule has 1 rings (SSSR count).